The number of benzene rings is 1. The topological polar surface area (TPSA) is 41.6 Å². The van der Waals surface area contributed by atoms with Gasteiger partial charge in [-0.25, -0.2) is 0 Å². The van der Waals surface area contributed by atoms with Crippen molar-refractivity contribution in [3.8, 4) is 0 Å². The second kappa shape index (κ2) is 4.87. The predicted octanol–water partition coefficient (Wildman–Crippen LogP) is 2.77. The molecule has 1 aliphatic heterocycles. The fourth-order valence-corrected chi connectivity index (χ4v) is 3.38. The van der Waals surface area contributed by atoms with Crippen LogP contribution in [0.3, 0.4) is 0 Å². The van der Waals surface area contributed by atoms with Gasteiger partial charge in [0.25, 0.3) is 0 Å². The van der Waals surface area contributed by atoms with Gasteiger partial charge < -0.3 is 10.6 Å². The third-order valence-corrected chi connectivity index (χ3v) is 4.77. The summed E-state index contributed by atoms with van der Waals surface area (Å²) in [6.07, 6.45) is 5.05. The van der Waals surface area contributed by atoms with Crippen molar-refractivity contribution in [2.45, 2.75) is 44.7 Å². The van der Waals surface area contributed by atoms with E-state index in [1.54, 1.807) is 0 Å². The summed E-state index contributed by atoms with van der Waals surface area (Å²) in [5, 5.41) is 0. The molecule has 1 fully saturated rings. The first-order valence-corrected chi connectivity index (χ1v) is 7.31. The first-order chi connectivity index (χ1) is 9.20. The summed E-state index contributed by atoms with van der Waals surface area (Å²) in [7, 11) is 0. The van der Waals surface area contributed by atoms with E-state index in [-0.39, 0.29) is 5.54 Å². The highest BCUT2D eigenvalue weighted by molar-refractivity contribution is 5.81. The lowest BCUT2D eigenvalue weighted by atomic mass is 9.76. The molecule has 1 aliphatic carbocycles. The highest BCUT2D eigenvalue weighted by atomic mass is 15.4. The Labute approximate surface area is 115 Å². The lowest BCUT2D eigenvalue weighted by Gasteiger charge is -2.43. The predicted molar refractivity (Wildman–Crippen MR) is 78.8 cm³/mol. The molecule has 2 N–H and O–H groups in total. The van der Waals surface area contributed by atoms with E-state index in [9.17, 15) is 0 Å². The zero-order chi connectivity index (χ0) is 13.3. The van der Waals surface area contributed by atoms with Crippen LogP contribution in [0.1, 0.15) is 38.2 Å². The Balaban J connectivity index is 1.79. The summed E-state index contributed by atoms with van der Waals surface area (Å²) < 4.78 is 0. The van der Waals surface area contributed by atoms with Crippen LogP contribution in [0, 0.1) is 5.92 Å². The molecule has 0 bridgehead atoms. The molecule has 0 atom stereocenters. The molecule has 1 aromatic rings. The summed E-state index contributed by atoms with van der Waals surface area (Å²) in [5.41, 5.74) is 7.66. The van der Waals surface area contributed by atoms with Crippen LogP contribution in [0.25, 0.3) is 0 Å². The fourth-order valence-electron chi connectivity index (χ4n) is 3.38. The maximum Gasteiger partial charge on any atom is 0.192 e. The molecule has 19 heavy (non-hydrogen) atoms. The van der Waals surface area contributed by atoms with Gasteiger partial charge in [-0.1, -0.05) is 37.3 Å². The molecule has 0 saturated heterocycles. The Kier molecular flexibility index (Phi) is 3.21. The van der Waals surface area contributed by atoms with Crippen LogP contribution < -0.4 is 5.73 Å². The Morgan fingerprint density at radius 1 is 1.26 bits per heavy atom. The minimum Gasteiger partial charge on any atom is -0.370 e. The van der Waals surface area contributed by atoms with Crippen molar-refractivity contribution in [2.24, 2.45) is 16.6 Å². The van der Waals surface area contributed by atoms with Crippen LogP contribution in [0.5, 0.6) is 0 Å². The van der Waals surface area contributed by atoms with Gasteiger partial charge in [0, 0.05) is 6.54 Å². The average Bonchev–Trinajstić information content (AvgIpc) is 2.73. The number of aliphatic imine (C=N–C) groups is 1. The van der Waals surface area contributed by atoms with Gasteiger partial charge in [-0.15, -0.1) is 0 Å². The Morgan fingerprint density at radius 3 is 2.63 bits per heavy atom. The number of nitrogens with zero attached hydrogens (tertiary/aromatic N) is 2. The van der Waals surface area contributed by atoms with Gasteiger partial charge in [-0.3, -0.25) is 4.99 Å². The summed E-state index contributed by atoms with van der Waals surface area (Å²) >= 11 is 0. The normalized spacial score (nSPS) is 30.7. The SMILES string of the molecule is CC1CCC2(CC1)CN=C(N)N2Cc1ccccc1. The molecule has 1 spiro atoms. The lowest BCUT2D eigenvalue weighted by Crippen LogP contribution is -2.52. The molecule has 0 unspecified atom stereocenters. The van der Waals surface area contributed by atoms with Crippen molar-refractivity contribution in [2.75, 3.05) is 6.54 Å². The zero-order valence-corrected chi connectivity index (χ0v) is 11.7. The highest BCUT2D eigenvalue weighted by Crippen LogP contribution is 2.39. The van der Waals surface area contributed by atoms with Gasteiger partial charge >= 0.3 is 0 Å². The maximum absolute atomic E-state index is 6.14. The quantitative estimate of drug-likeness (QED) is 0.885. The van der Waals surface area contributed by atoms with Crippen LogP contribution >= 0.6 is 0 Å². The number of nitrogens with two attached hydrogens (primary N) is 1. The molecule has 3 heteroatoms. The monoisotopic (exact) mass is 257 g/mol. The Hall–Kier alpha value is -1.51. The smallest absolute Gasteiger partial charge is 0.192 e. The Morgan fingerprint density at radius 2 is 1.95 bits per heavy atom. The molecule has 0 radical (unpaired) electrons. The highest BCUT2D eigenvalue weighted by Gasteiger charge is 2.43. The van der Waals surface area contributed by atoms with Crippen LogP contribution in [0.2, 0.25) is 0 Å². The average molecular weight is 257 g/mol. The van der Waals surface area contributed by atoms with Crippen molar-refractivity contribution in [3.63, 3.8) is 0 Å². The molecule has 1 aromatic carbocycles. The first-order valence-electron chi connectivity index (χ1n) is 7.31. The van der Waals surface area contributed by atoms with Gasteiger partial charge in [-0.05, 0) is 37.2 Å². The molecular weight excluding hydrogens is 234 g/mol. The first kappa shape index (κ1) is 12.5. The van der Waals surface area contributed by atoms with E-state index in [1.807, 2.05) is 0 Å². The van der Waals surface area contributed by atoms with Gasteiger partial charge in [0.05, 0.1) is 12.1 Å². The van der Waals surface area contributed by atoms with E-state index < -0.39 is 0 Å². The largest absolute Gasteiger partial charge is 0.370 e. The van der Waals surface area contributed by atoms with Crippen LogP contribution in [0.15, 0.2) is 35.3 Å². The molecule has 0 amide bonds. The molecular formula is C16H23N3. The molecule has 102 valence electrons. The van der Waals surface area contributed by atoms with E-state index in [0.717, 1.165) is 25.0 Å². The fraction of sp³-hybridized carbons (Fsp3) is 0.562. The number of guanidine groups is 1. The molecule has 1 heterocycles. The molecule has 2 aliphatic rings. The second-order valence-electron chi connectivity index (χ2n) is 6.15. The van der Waals surface area contributed by atoms with E-state index in [1.165, 1.54) is 31.2 Å². The van der Waals surface area contributed by atoms with Crippen LogP contribution in [0.4, 0.5) is 0 Å². The number of hydrogen-bond acceptors (Lipinski definition) is 3. The lowest BCUT2D eigenvalue weighted by molar-refractivity contribution is 0.115. The van der Waals surface area contributed by atoms with E-state index in [4.69, 9.17) is 5.73 Å². The maximum atomic E-state index is 6.14. The van der Waals surface area contributed by atoms with Gasteiger partial charge in [0.1, 0.15) is 0 Å². The second-order valence-corrected chi connectivity index (χ2v) is 6.15. The summed E-state index contributed by atoms with van der Waals surface area (Å²) in [6.45, 7) is 4.14. The van der Waals surface area contributed by atoms with Gasteiger partial charge in [0.2, 0.25) is 0 Å². The van der Waals surface area contributed by atoms with Crippen molar-refractivity contribution < 1.29 is 0 Å². The van der Waals surface area contributed by atoms with Crippen molar-refractivity contribution in [1.29, 1.82) is 0 Å². The zero-order valence-electron chi connectivity index (χ0n) is 11.7. The van der Waals surface area contributed by atoms with E-state index >= 15 is 0 Å². The van der Waals surface area contributed by atoms with Crippen molar-refractivity contribution in [1.82, 2.24) is 4.90 Å². The third-order valence-electron chi connectivity index (χ3n) is 4.77. The Bertz CT molecular complexity index is 458. The summed E-state index contributed by atoms with van der Waals surface area (Å²) in [6, 6.07) is 10.6. The molecule has 3 rings (SSSR count). The van der Waals surface area contributed by atoms with Gasteiger partial charge in [-0.2, -0.15) is 0 Å². The standard InChI is InChI=1S/C16H23N3/c1-13-7-9-16(10-8-13)12-18-15(17)19(16)11-14-5-3-2-4-6-14/h2-6,13H,7-12H2,1H3,(H2,17,18). The summed E-state index contributed by atoms with van der Waals surface area (Å²) in [5.74, 6) is 1.59. The van der Waals surface area contributed by atoms with Gasteiger partial charge in [0.15, 0.2) is 5.96 Å². The van der Waals surface area contributed by atoms with Crippen molar-refractivity contribution >= 4 is 5.96 Å². The number of hydrogen-bond donors (Lipinski definition) is 1. The molecule has 3 nitrogen and oxygen atoms in total. The number of rotatable bonds is 2. The minimum absolute atomic E-state index is 0.201. The minimum atomic E-state index is 0.201. The van der Waals surface area contributed by atoms with E-state index in [0.29, 0.717) is 0 Å². The van der Waals surface area contributed by atoms with Crippen LogP contribution in [-0.4, -0.2) is 22.9 Å². The molecule has 1 saturated carbocycles. The molecule has 0 aromatic heterocycles. The van der Waals surface area contributed by atoms with E-state index in [2.05, 4.69) is 47.1 Å². The summed E-state index contributed by atoms with van der Waals surface area (Å²) in [4.78, 5) is 6.89. The van der Waals surface area contributed by atoms with Crippen molar-refractivity contribution in [3.05, 3.63) is 35.9 Å². The third kappa shape index (κ3) is 2.34. The van der Waals surface area contributed by atoms with Crippen LogP contribution in [-0.2, 0) is 6.54 Å².